The molecular formula is C14H15F3N2O3. The molecule has 1 saturated carbocycles. The maximum Gasteiger partial charge on any atom is 0.408 e. The van der Waals surface area contributed by atoms with Crippen molar-refractivity contribution in [3.05, 3.63) is 29.6 Å². The highest BCUT2D eigenvalue weighted by atomic mass is 19.4. The molecule has 0 bridgehead atoms. The summed E-state index contributed by atoms with van der Waals surface area (Å²) >= 11 is 0. The lowest BCUT2D eigenvalue weighted by atomic mass is 9.97. The third-order valence-corrected chi connectivity index (χ3v) is 3.76. The van der Waals surface area contributed by atoms with Crippen molar-refractivity contribution < 1.29 is 27.9 Å². The van der Waals surface area contributed by atoms with Crippen molar-refractivity contribution >= 4 is 11.9 Å². The second-order valence-electron chi connectivity index (χ2n) is 5.30. The van der Waals surface area contributed by atoms with Crippen LogP contribution in [0, 0.1) is 5.92 Å². The summed E-state index contributed by atoms with van der Waals surface area (Å²) in [6.45, 7) is 0. The molecule has 1 fully saturated rings. The molecule has 0 aromatic carbocycles. The molecule has 1 aliphatic carbocycles. The smallest absolute Gasteiger partial charge is 0.408 e. The minimum absolute atomic E-state index is 0.202. The topological polar surface area (TPSA) is 79.3 Å². The van der Waals surface area contributed by atoms with Crippen molar-refractivity contribution in [3.8, 4) is 0 Å². The van der Waals surface area contributed by atoms with E-state index in [0.29, 0.717) is 25.7 Å². The highest BCUT2D eigenvalue weighted by Crippen LogP contribution is 2.35. The first kappa shape index (κ1) is 16.3. The molecule has 0 aliphatic heterocycles. The van der Waals surface area contributed by atoms with Crippen molar-refractivity contribution in [2.45, 2.75) is 37.9 Å². The first-order valence-corrected chi connectivity index (χ1v) is 6.85. The van der Waals surface area contributed by atoms with Crippen LogP contribution in [0.5, 0.6) is 0 Å². The molecule has 0 saturated heterocycles. The van der Waals surface area contributed by atoms with E-state index < -0.39 is 30.0 Å². The SMILES string of the molecule is O=C(O)c1cncc(C(=O)NC(C2CCCC2)C(F)(F)F)c1. The number of carbonyl (C=O) groups is 2. The van der Waals surface area contributed by atoms with Gasteiger partial charge in [0.25, 0.3) is 5.91 Å². The molecule has 0 radical (unpaired) electrons. The summed E-state index contributed by atoms with van der Waals surface area (Å²) in [7, 11) is 0. The number of aromatic carboxylic acids is 1. The fourth-order valence-electron chi connectivity index (χ4n) is 2.66. The van der Waals surface area contributed by atoms with Crippen LogP contribution < -0.4 is 5.32 Å². The summed E-state index contributed by atoms with van der Waals surface area (Å²) in [6.07, 6.45) is -0.216. The van der Waals surface area contributed by atoms with Gasteiger partial charge in [-0.15, -0.1) is 0 Å². The second-order valence-corrected chi connectivity index (χ2v) is 5.30. The summed E-state index contributed by atoms with van der Waals surface area (Å²) in [5.41, 5.74) is -0.454. The number of hydrogen-bond acceptors (Lipinski definition) is 3. The zero-order valence-electron chi connectivity index (χ0n) is 11.6. The van der Waals surface area contributed by atoms with Gasteiger partial charge in [-0.3, -0.25) is 9.78 Å². The Morgan fingerprint density at radius 1 is 1.23 bits per heavy atom. The average Bonchev–Trinajstić information content (AvgIpc) is 2.97. The lowest BCUT2D eigenvalue weighted by molar-refractivity contribution is -0.164. The van der Waals surface area contributed by atoms with Gasteiger partial charge in [0.1, 0.15) is 6.04 Å². The van der Waals surface area contributed by atoms with Crippen molar-refractivity contribution in [3.63, 3.8) is 0 Å². The van der Waals surface area contributed by atoms with Crippen LogP contribution in [0.3, 0.4) is 0 Å². The van der Waals surface area contributed by atoms with E-state index in [1.807, 2.05) is 5.32 Å². The summed E-state index contributed by atoms with van der Waals surface area (Å²) < 4.78 is 39.4. The zero-order valence-corrected chi connectivity index (χ0v) is 11.6. The monoisotopic (exact) mass is 316 g/mol. The number of rotatable bonds is 4. The van der Waals surface area contributed by atoms with E-state index in [1.165, 1.54) is 0 Å². The van der Waals surface area contributed by atoms with Crippen molar-refractivity contribution in [1.82, 2.24) is 10.3 Å². The number of carboxylic acids is 1. The molecule has 5 nitrogen and oxygen atoms in total. The van der Waals surface area contributed by atoms with Gasteiger partial charge in [-0.25, -0.2) is 4.79 Å². The van der Waals surface area contributed by atoms with E-state index >= 15 is 0 Å². The van der Waals surface area contributed by atoms with E-state index in [-0.39, 0.29) is 11.1 Å². The molecule has 1 aromatic heterocycles. The van der Waals surface area contributed by atoms with Crippen molar-refractivity contribution in [1.29, 1.82) is 0 Å². The molecule has 1 amide bonds. The number of pyridine rings is 1. The molecule has 22 heavy (non-hydrogen) atoms. The van der Waals surface area contributed by atoms with Gasteiger partial charge in [0.05, 0.1) is 11.1 Å². The first-order valence-electron chi connectivity index (χ1n) is 6.85. The highest BCUT2D eigenvalue weighted by Gasteiger charge is 2.46. The van der Waals surface area contributed by atoms with Gasteiger partial charge in [-0.05, 0) is 24.8 Å². The molecule has 1 heterocycles. The highest BCUT2D eigenvalue weighted by molar-refractivity contribution is 5.97. The zero-order chi connectivity index (χ0) is 16.3. The third kappa shape index (κ3) is 3.75. The maximum absolute atomic E-state index is 13.1. The minimum Gasteiger partial charge on any atom is -0.478 e. The fraction of sp³-hybridized carbons (Fsp3) is 0.500. The third-order valence-electron chi connectivity index (χ3n) is 3.76. The van der Waals surface area contributed by atoms with Gasteiger partial charge < -0.3 is 10.4 Å². The molecule has 2 N–H and O–H groups in total. The number of carboxylic acid groups (broad SMARTS) is 1. The lowest BCUT2D eigenvalue weighted by Gasteiger charge is -2.27. The van der Waals surface area contributed by atoms with Gasteiger partial charge in [0.2, 0.25) is 0 Å². The van der Waals surface area contributed by atoms with Crippen LogP contribution in [0.1, 0.15) is 46.4 Å². The van der Waals surface area contributed by atoms with Crippen LogP contribution in [0.15, 0.2) is 18.5 Å². The van der Waals surface area contributed by atoms with Gasteiger partial charge in [0.15, 0.2) is 0 Å². The maximum atomic E-state index is 13.1. The van der Waals surface area contributed by atoms with E-state index in [1.54, 1.807) is 0 Å². The predicted octanol–water partition coefficient (Wildman–Crippen LogP) is 2.63. The van der Waals surface area contributed by atoms with Gasteiger partial charge >= 0.3 is 12.1 Å². The molecule has 2 rings (SSSR count). The Morgan fingerprint density at radius 2 is 1.82 bits per heavy atom. The quantitative estimate of drug-likeness (QED) is 0.895. The number of halogens is 3. The second kappa shape index (κ2) is 6.33. The van der Waals surface area contributed by atoms with E-state index in [2.05, 4.69) is 4.98 Å². The number of nitrogens with one attached hydrogen (secondary N) is 1. The summed E-state index contributed by atoms with van der Waals surface area (Å²) in [6, 6.07) is -0.914. The minimum atomic E-state index is -4.54. The predicted molar refractivity (Wildman–Crippen MR) is 70.5 cm³/mol. The number of nitrogens with zero attached hydrogens (tertiary/aromatic N) is 1. The van der Waals surface area contributed by atoms with Crippen LogP contribution in [0.4, 0.5) is 13.2 Å². The molecule has 120 valence electrons. The van der Waals surface area contributed by atoms with Gasteiger partial charge in [-0.1, -0.05) is 12.8 Å². The van der Waals surface area contributed by atoms with Crippen LogP contribution in [-0.2, 0) is 0 Å². The Morgan fingerprint density at radius 3 is 2.36 bits per heavy atom. The summed E-state index contributed by atoms with van der Waals surface area (Å²) in [5, 5.41) is 10.8. The van der Waals surface area contributed by atoms with Crippen LogP contribution in [-0.4, -0.2) is 34.2 Å². The first-order chi connectivity index (χ1) is 10.3. The fourth-order valence-corrected chi connectivity index (χ4v) is 2.66. The van der Waals surface area contributed by atoms with Crippen LogP contribution in [0.25, 0.3) is 0 Å². The lowest BCUT2D eigenvalue weighted by Crippen LogP contribution is -2.49. The summed E-state index contributed by atoms with van der Waals surface area (Å²) in [4.78, 5) is 26.4. The van der Waals surface area contributed by atoms with Crippen LogP contribution >= 0.6 is 0 Å². The normalized spacial score (nSPS) is 17.2. The van der Waals surface area contributed by atoms with Crippen molar-refractivity contribution in [2.75, 3.05) is 0 Å². The largest absolute Gasteiger partial charge is 0.478 e. The van der Waals surface area contributed by atoms with Gasteiger partial charge in [0, 0.05) is 12.4 Å². The number of carbonyl (C=O) groups excluding carboxylic acids is 1. The molecule has 1 unspecified atom stereocenters. The van der Waals surface area contributed by atoms with E-state index in [9.17, 15) is 22.8 Å². The Labute approximate surface area is 124 Å². The Balaban J connectivity index is 2.17. The van der Waals surface area contributed by atoms with E-state index in [4.69, 9.17) is 5.11 Å². The molecule has 8 heteroatoms. The van der Waals surface area contributed by atoms with Gasteiger partial charge in [-0.2, -0.15) is 13.2 Å². The number of amides is 1. The molecular weight excluding hydrogens is 301 g/mol. The average molecular weight is 316 g/mol. The molecule has 1 atom stereocenters. The number of hydrogen-bond donors (Lipinski definition) is 2. The molecule has 1 aromatic rings. The standard InChI is InChI=1S/C14H15F3N2O3/c15-14(16,17)11(8-3-1-2-4-8)19-12(20)9-5-10(13(21)22)7-18-6-9/h5-8,11H,1-4H2,(H,19,20)(H,21,22). The van der Waals surface area contributed by atoms with E-state index in [0.717, 1.165) is 18.5 Å². The van der Waals surface area contributed by atoms with Crippen LogP contribution in [0.2, 0.25) is 0 Å². The Bertz CT molecular complexity index is 569. The Hall–Kier alpha value is -2.12. The Kier molecular flexibility index (Phi) is 4.68. The summed E-state index contributed by atoms with van der Waals surface area (Å²) in [5.74, 6) is -2.91. The molecule has 0 spiro atoms. The number of alkyl halides is 3. The number of aromatic nitrogens is 1. The van der Waals surface area contributed by atoms with Crippen molar-refractivity contribution in [2.24, 2.45) is 5.92 Å². The molecule has 1 aliphatic rings.